The van der Waals surface area contributed by atoms with Gasteiger partial charge < -0.3 is 9.90 Å². The van der Waals surface area contributed by atoms with E-state index in [4.69, 9.17) is 0 Å². The van der Waals surface area contributed by atoms with Crippen LogP contribution in [0.1, 0.15) is 39.5 Å². The minimum atomic E-state index is -0.927. The predicted octanol–water partition coefficient (Wildman–Crippen LogP) is 0.950. The van der Waals surface area contributed by atoms with E-state index in [1.165, 1.54) is 0 Å². The Morgan fingerprint density at radius 3 is 2.27 bits per heavy atom. The van der Waals surface area contributed by atoms with E-state index in [9.17, 15) is 9.90 Å². The molecule has 0 bridgehead atoms. The molecule has 0 saturated carbocycles. The summed E-state index contributed by atoms with van der Waals surface area (Å²) < 4.78 is 0. The first-order chi connectivity index (χ1) is 4.63. The summed E-state index contributed by atoms with van der Waals surface area (Å²) in [6.45, 7) is 4.28. The maximum Gasteiger partial charge on any atom is 3.00 e. The van der Waals surface area contributed by atoms with Crippen molar-refractivity contribution in [1.29, 1.82) is 0 Å². The zero-order valence-corrected chi connectivity index (χ0v) is 8.18. The quantitative estimate of drug-likeness (QED) is 0.488. The van der Waals surface area contributed by atoms with E-state index in [2.05, 4.69) is 13.8 Å². The molecule has 65 valence electrons. The molecule has 0 aromatic carbocycles. The Balaban J connectivity index is 0. The van der Waals surface area contributed by atoms with Gasteiger partial charge in [-0.1, -0.05) is 26.7 Å². The van der Waals surface area contributed by atoms with E-state index in [-0.39, 0.29) is 23.5 Å². The minimum absolute atomic E-state index is 0. The molecule has 0 heterocycles. The molecule has 0 aliphatic carbocycles. The van der Waals surface area contributed by atoms with E-state index in [0.29, 0.717) is 5.92 Å². The fraction of sp³-hybridized carbons (Fsp3) is 0.875. The molecule has 0 saturated heterocycles. The van der Waals surface area contributed by atoms with Crippen molar-refractivity contribution in [3.63, 3.8) is 0 Å². The van der Waals surface area contributed by atoms with Crippen molar-refractivity contribution in [1.82, 2.24) is 0 Å². The molecule has 0 aliphatic rings. The van der Waals surface area contributed by atoms with Crippen LogP contribution in [-0.2, 0) is 21.9 Å². The Hall–Kier alpha value is -0.0105. The zero-order chi connectivity index (χ0) is 7.98. The summed E-state index contributed by atoms with van der Waals surface area (Å²) in [7, 11) is 0. The van der Waals surface area contributed by atoms with E-state index in [1.807, 2.05) is 0 Å². The number of carboxylic acids is 1. The molecule has 2 nitrogen and oxygen atoms in total. The molecule has 0 atom stereocenters. The third-order valence-electron chi connectivity index (χ3n) is 1.41. The minimum Gasteiger partial charge on any atom is -0.550 e. The van der Waals surface area contributed by atoms with Crippen LogP contribution in [0.5, 0.6) is 0 Å². The van der Waals surface area contributed by atoms with Crippen molar-refractivity contribution < 1.29 is 27.0 Å². The standard InChI is InChI=1S/C8H16O2.Fe/c1-7(2)5-3-4-6-8(9)10;/h7H,3-6H2,1-2H3,(H,9,10);/q;+3/p-1. The van der Waals surface area contributed by atoms with Crippen LogP contribution in [0.3, 0.4) is 0 Å². The first-order valence-electron chi connectivity index (χ1n) is 3.82. The molecule has 0 amide bonds. The molecule has 0 aliphatic heterocycles. The van der Waals surface area contributed by atoms with Crippen LogP contribution in [0.25, 0.3) is 0 Å². The Labute approximate surface area is 78.8 Å². The van der Waals surface area contributed by atoms with Crippen LogP contribution in [-0.4, -0.2) is 5.97 Å². The first-order valence-corrected chi connectivity index (χ1v) is 3.82. The third kappa shape index (κ3) is 13.1. The maximum absolute atomic E-state index is 9.93. The van der Waals surface area contributed by atoms with Crippen LogP contribution in [0.4, 0.5) is 0 Å². The van der Waals surface area contributed by atoms with Crippen LogP contribution in [0.2, 0.25) is 0 Å². The van der Waals surface area contributed by atoms with Gasteiger partial charge in [0.05, 0.1) is 0 Å². The van der Waals surface area contributed by atoms with Gasteiger partial charge in [0.15, 0.2) is 0 Å². The molecular weight excluding hydrogens is 184 g/mol. The molecule has 0 N–H and O–H groups in total. The molecule has 0 aromatic heterocycles. The first kappa shape index (κ1) is 13.6. The van der Waals surface area contributed by atoms with Gasteiger partial charge >= 0.3 is 17.1 Å². The molecule has 0 rings (SSSR count). The molecular formula is C8H15FeO2+2. The Morgan fingerprint density at radius 2 is 1.91 bits per heavy atom. The van der Waals surface area contributed by atoms with E-state index in [1.54, 1.807) is 0 Å². The van der Waals surface area contributed by atoms with Gasteiger partial charge in [-0.25, -0.2) is 0 Å². The fourth-order valence-corrected chi connectivity index (χ4v) is 0.822. The van der Waals surface area contributed by atoms with Crippen LogP contribution in [0, 0.1) is 5.92 Å². The van der Waals surface area contributed by atoms with Crippen LogP contribution >= 0.6 is 0 Å². The van der Waals surface area contributed by atoms with Crippen molar-refractivity contribution in [3.05, 3.63) is 0 Å². The van der Waals surface area contributed by atoms with Crippen LogP contribution in [0.15, 0.2) is 0 Å². The number of unbranched alkanes of at least 4 members (excludes halogenated alkanes) is 1. The van der Waals surface area contributed by atoms with Gasteiger partial charge in [-0.3, -0.25) is 0 Å². The summed E-state index contributed by atoms with van der Waals surface area (Å²) >= 11 is 0. The van der Waals surface area contributed by atoms with E-state index < -0.39 is 5.97 Å². The molecule has 3 heteroatoms. The second kappa shape index (κ2) is 8.09. The summed E-state index contributed by atoms with van der Waals surface area (Å²) in [5.41, 5.74) is 0. The topological polar surface area (TPSA) is 40.1 Å². The Morgan fingerprint density at radius 1 is 1.36 bits per heavy atom. The summed E-state index contributed by atoms with van der Waals surface area (Å²) in [5, 5.41) is 9.93. The van der Waals surface area contributed by atoms with Crippen molar-refractivity contribution >= 4 is 5.97 Å². The molecule has 0 aromatic rings. The fourth-order valence-electron chi connectivity index (χ4n) is 0.822. The Kier molecular flexibility index (Phi) is 9.98. The smallest absolute Gasteiger partial charge is 0.550 e. The van der Waals surface area contributed by atoms with Crippen molar-refractivity contribution in [2.75, 3.05) is 0 Å². The average molecular weight is 199 g/mol. The van der Waals surface area contributed by atoms with Gasteiger partial charge in [0, 0.05) is 5.97 Å². The number of aliphatic carboxylic acids is 1. The number of hydrogen-bond donors (Lipinski definition) is 0. The van der Waals surface area contributed by atoms with Gasteiger partial charge in [-0.15, -0.1) is 0 Å². The number of carbonyl (C=O) groups excluding carboxylic acids is 1. The molecule has 11 heavy (non-hydrogen) atoms. The molecule has 0 spiro atoms. The second-order valence-electron chi connectivity index (χ2n) is 3.01. The number of carboxylic acid groups (broad SMARTS) is 1. The number of hydrogen-bond acceptors (Lipinski definition) is 2. The van der Waals surface area contributed by atoms with Gasteiger partial charge in [0.2, 0.25) is 0 Å². The predicted molar refractivity (Wildman–Crippen MR) is 38.3 cm³/mol. The second-order valence-corrected chi connectivity index (χ2v) is 3.01. The van der Waals surface area contributed by atoms with E-state index >= 15 is 0 Å². The summed E-state index contributed by atoms with van der Waals surface area (Å²) in [5.74, 6) is -0.245. The summed E-state index contributed by atoms with van der Waals surface area (Å²) in [4.78, 5) is 9.93. The van der Waals surface area contributed by atoms with Crippen LogP contribution < -0.4 is 5.11 Å². The largest absolute Gasteiger partial charge is 3.00 e. The Bertz CT molecular complexity index is 102. The monoisotopic (exact) mass is 199 g/mol. The molecule has 0 fully saturated rings. The average Bonchev–Trinajstić information content (AvgIpc) is 1.79. The normalized spacial score (nSPS) is 9.36. The van der Waals surface area contributed by atoms with Crippen molar-refractivity contribution in [2.24, 2.45) is 5.92 Å². The van der Waals surface area contributed by atoms with Crippen molar-refractivity contribution in [3.8, 4) is 0 Å². The van der Waals surface area contributed by atoms with Gasteiger partial charge in [-0.2, -0.15) is 0 Å². The van der Waals surface area contributed by atoms with Gasteiger partial charge in [-0.05, 0) is 18.8 Å². The van der Waals surface area contributed by atoms with Gasteiger partial charge in [0.1, 0.15) is 0 Å². The summed E-state index contributed by atoms with van der Waals surface area (Å²) in [6, 6.07) is 0. The van der Waals surface area contributed by atoms with E-state index in [0.717, 1.165) is 19.3 Å². The third-order valence-corrected chi connectivity index (χ3v) is 1.41. The number of carbonyl (C=O) groups is 1. The maximum atomic E-state index is 9.93. The van der Waals surface area contributed by atoms with Crippen molar-refractivity contribution in [2.45, 2.75) is 39.5 Å². The van der Waals surface area contributed by atoms with Gasteiger partial charge in [0.25, 0.3) is 0 Å². The molecule has 1 radical (unpaired) electrons. The SMILES string of the molecule is CC(C)CCCCC(=O)[O-].[Fe+3]. The zero-order valence-electron chi connectivity index (χ0n) is 7.08. The summed E-state index contributed by atoms with van der Waals surface area (Å²) in [6.07, 6.45) is 3.10. The number of rotatable bonds is 5. The molecule has 0 unspecified atom stereocenters.